The molecule has 2 saturated carbocycles. The molecule has 2 aliphatic rings. The largest absolute Gasteiger partial charge is 0.330 e. The molecule has 1 nitrogen and oxygen atoms in total. The molecule has 2 aliphatic carbocycles. The lowest BCUT2D eigenvalue weighted by atomic mass is 9.85. The summed E-state index contributed by atoms with van der Waals surface area (Å²) in [6.07, 6.45) is 7.11. The second kappa shape index (κ2) is 4.81. The fourth-order valence-electron chi connectivity index (χ4n) is 3.87. The van der Waals surface area contributed by atoms with Gasteiger partial charge in [0.25, 0.3) is 0 Å². The second-order valence-corrected chi connectivity index (χ2v) is 5.86. The summed E-state index contributed by atoms with van der Waals surface area (Å²) in [5.74, 6) is 3.41. The molecule has 2 fully saturated rings. The van der Waals surface area contributed by atoms with Gasteiger partial charge in [0.05, 0.1) is 0 Å². The molecule has 1 aromatic rings. The first-order valence-electron chi connectivity index (χ1n) is 7.15. The van der Waals surface area contributed by atoms with E-state index in [1.54, 1.807) is 0 Å². The van der Waals surface area contributed by atoms with E-state index in [0.29, 0.717) is 0 Å². The van der Waals surface area contributed by atoms with E-state index in [2.05, 4.69) is 30.3 Å². The lowest BCUT2D eigenvalue weighted by Crippen LogP contribution is -2.24. The minimum Gasteiger partial charge on any atom is -0.330 e. The topological polar surface area (TPSA) is 26.0 Å². The van der Waals surface area contributed by atoms with Crippen LogP contribution < -0.4 is 5.73 Å². The minimum atomic E-state index is 0.794. The SMILES string of the molecule is NCC(C1CCCC1)C1CC1c1ccccc1. The van der Waals surface area contributed by atoms with E-state index in [9.17, 15) is 0 Å². The molecule has 17 heavy (non-hydrogen) atoms. The standard InChI is InChI=1S/C16H23N/c17-11-16(13-8-4-5-9-13)15-10-14(15)12-6-2-1-3-7-12/h1-3,6-7,13-16H,4-5,8-11,17H2. The molecule has 3 atom stereocenters. The molecule has 0 radical (unpaired) electrons. The van der Waals surface area contributed by atoms with Crippen LogP contribution in [0.1, 0.15) is 43.6 Å². The van der Waals surface area contributed by atoms with Crippen LogP contribution in [-0.4, -0.2) is 6.54 Å². The molecule has 1 heteroatoms. The predicted octanol–water partition coefficient (Wildman–Crippen LogP) is 3.56. The first-order chi connectivity index (χ1) is 8.40. The van der Waals surface area contributed by atoms with E-state index in [4.69, 9.17) is 5.73 Å². The third-order valence-corrected chi connectivity index (χ3v) is 4.89. The Bertz CT molecular complexity index is 353. The molecule has 0 heterocycles. The zero-order valence-electron chi connectivity index (χ0n) is 10.5. The van der Waals surface area contributed by atoms with Crippen LogP contribution in [-0.2, 0) is 0 Å². The number of rotatable bonds is 4. The summed E-state index contributed by atoms with van der Waals surface area (Å²) in [6.45, 7) is 0.901. The van der Waals surface area contributed by atoms with Crippen molar-refractivity contribution in [1.82, 2.24) is 0 Å². The number of hydrogen-bond donors (Lipinski definition) is 1. The van der Waals surface area contributed by atoms with Gasteiger partial charge in [-0.3, -0.25) is 0 Å². The van der Waals surface area contributed by atoms with Crippen molar-refractivity contribution in [2.24, 2.45) is 23.5 Å². The van der Waals surface area contributed by atoms with E-state index < -0.39 is 0 Å². The summed E-state index contributed by atoms with van der Waals surface area (Å²) in [5, 5.41) is 0. The average Bonchev–Trinajstić information content (AvgIpc) is 2.97. The molecule has 2 N–H and O–H groups in total. The maximum atomic E-state index is 6.03. The van der Waals surface area contributed by atoms with E-state index in [0.717, 1.165) is 30.2 Å². The molecule has 0 saturated heterocycles. The smallest absolute Gasteiger partial charge is 0.00433 e. The molecular formula is C16H23N. The number of nitrogens with two attached hydrogens (primary N) is 1. The molecule has 3 unspecified atom stereocenters. The molecule has 0 bridgehead atoms. The van der Waals surface area contributed by atoms with Crippen LogP contribution >= 0.6 is 0 Å². The Kier molecular flexibility index (Phi) is 3.19. The van der Waals surface area contributed by atoms with E-state index in [1.165, 1.54) is 37.7 Å². The Morgan fingerprint density at radius 1 is 1.12 bits per heavy atom. The van der Waals surface area contributed by atoms with Crippen molar-refractivity contribution in [1.29, 1.82) is 0 Å². The van der Waals surface area contributed by atoms with Crippen molar-refractivity contribution in [2.75, 3.05) is 6.54 Å². The van der Waals surface area contributed by atoms with Gasteiger partial charge in [0.1, 0.15) is 0 Å². The van der Waals surface area contributed by atoms with Crippen LogP contribution in [0.15, 0.2) is 30.3 Å². The highest BCUT2D eigenvalue weighted by atomic mass is 14.6. The van der Waals surface area contributed by atoms with Gasteiger partial charge in [-0.1, -0.05) is 56.0 Å². The van der Waals surface area contributed by atoms with Gasteiger partial charge in [0.15, 0.2) is 0 Å². The highest BCUT2D eigenvalue weighted by Gasteiger charge is 2.45. The highest BCUT2D eigenvalue weighted by molar-refractivity contribution is 5.26. The zero-order chi connectivity index (χ0) is 11.7. The minimum absolute atomic E-state index is 0.794. The maximum Gasteiger partial charge on any atom is -0.00433 e. The Balaban J connectivity index is 1.66. The summed E-state index contributed by atoms with van der Waals surface area (Å²) in [7, 11) is 0. The van der Waals surface area contributed by atoms with Crippen molar-refractivity contribution >= 4 is 0 Å². The monoisotopic (exact) mass is 229 g/mol. The van der Waals surface area contributed by atoms with Crippen LogP contribution in [0.5, 0.6) is 0 Å². The molecule has 0 aliphatic heterocycles. The van der Waals surface area contributed by atoms with Crippen molar-refractivity contribution in [3.63, 3.8) is 0 Å². The van der Waals surface area contributed by atoms with Crippen molar-refractivity contribution < 1.29 is 0 Å². The van der Waals surface area contributed by atoms with E-state index in [1.807, 2.05) is 0 Å². The summed E-state index contributed by atoms with van der Waals surface area (Å²) >= 11 is 0. The molecule has 0 spiro atoms. The second-order valence-electron chi connectivity index (χ2n) is 5.86. The van der Waals surface area contributed by atoms with Crippen LogP contribution in [0.25, 0.3) is 0 Å². The van der Waals surface area contributed by atoms with Crippen molar-refractivity contribution in [2.45, 2.75) is 38.0 Å². The molecule has 1 aromatic carbocycles. The normalized spacial score (nSPS) is 30.4. The molecule has 92 valence electrons. The summed E-state index contributed by atoms with van der Waals surface area (Å²) in [5.41, 5.74) is 7.57. The molecule has 3 rings (SSSR count). The van der Waals surface area contributed by atoms with Gasteiger partial charge < -0.3 is 5.73 Å². The van der Waals surface area contributed by atoms with Gasteiger partial charge >= 0.3 is 0 Å². The highest BCUT2D eigenvalue weighted by Crippen LogP contribution is 2.55. The lowest BCUT2D eigenvalue weighted by molar-refractivity contribution is 0.304. The third-order valence-electron chi connectivity index (χ3n) is 4.89. The van der Waals surface area contributed by atoms with Crippen molar-refractivity contribution in [3.8, 4) is 0 Å². The Morgan fingerprint density at radius 2 is 1.82 bits per heavy atom. The fraction of sp³-hybridized carbons (Fsp3) is 0.625. The molecular weight excluding hydrogens is 206 g/mol. The predicted molar refractivity (Wildman–Crippen MR) is 71.8 cm³/mol. The first kappa shape index (κ1) is 11.3. The van der Waals surface area contributed by atoms with Gasteiger partial charge in [0.2, 0.25) is 0 Å². The van der Waals surface area contributed by atoms with E-state index in [-0.39, 0.29) is 0 Å². The zero-order valence-corrected chi connectivity index (χ0v) is 10.5. The lowest BCUT2D eigenvalue weighted by Gasteiger charge is -2.22. The van der Waals surface area contributed by atoms with Crippen LogP contribution in [0.4, 0.5) is 0 Å². The van der Waals surface area contributed by atoms with Crippen LogP contribution in [0, 0.1) is 17.8 Å². The van der Waals surface area contributed by atoms with Gasteiger partial charge in [-0.25, -0.2) is 0 Å². The number of hydrogen-bond acceptors (Lipinski definition) is 1. The van der Waals surface area contributed by atoms with Gasteiger partial charge in [-0.05, 0) is 42.2 Å². The summed E-state index contributed by atoms with van der Waals surface area (Å²) < 4.78 is 0. The van der Waals surface area contributed by atoms with Crippen molar-refractivity contribution in [3.05, 3.63) is 35.9 Å². The van der Waals surface area contributed by atoms with Gasteiger partial charge in [0, 0.05) is 0 Å². The quantitative estimate of drug-likeness (QED) is 0.839. The summed E-state index contributed by atoms with van der Waals surface area (Å²) in [4.78, 5) is 0. The Hall–Kier alpha value is -0.820. The molecule has 0 aromatic heterocycles. The first-order valence-corrected chi connectivity index (χ1v) is 7.15. The summed E-state index contributed by atoms with van der Waals surface area (Å²) in [6, 6.07) is 11.0. The average molecular weight is 229 g/mol. The maximum absolute atomic E-state index is 6.03. The molecule has 0 amide bonds. The van der Waals surface area contributed by atoms with Gasteiger partial charge in [-0.15, -0.1) is 0 Å². The van der Waals surface area contributed by atoms with E-state index >= 15 is 0 Å². The third kappa shape index (κ3) is 2.26. The van der Waals surface area contributed by atoms with Gasteiger partial charge in [-0.2, -0.15) is 0 Å². The Labute approximate surface area is 104 Å². The van der Waals surface area contributed by atoms with Crippen LogP contribution in [0.2, 0.25) is 0 Å². The Morgan fingerprint density at radius 3 is 2.47 bits per heavy atom. The fourth-order valence-corrected chi connectivity index (χ4v) is 3.87. The number of benzene rings is 1. The van der Waals surface area contributed by atoms with Crippen LogP contribution in [0.3, 0.4) is 0 Å².